The maximum Gasteiger partial charge on any atom is 0.0492 e. The summed E-state index contributed by atoms with van der Waals surface area (Å²) in [7, 11) is 0. The van der Waals surface area contributed by atoms with Crippen molar-refractivity contribution in [3.05, 3.63) is 83.2 Å². The molecule has 0 bridgehead atoms. The standard InChI is InChI=1S/C28H38N4/c1-24-13-14-28(23-25(24)2)31-21-19-30(20-22-31)17-7-6-12-27-15-16-29-32(27)18-8-11-26-9-4-3-5-10-26/h3-5,9-10,13-16,23H,6-8,11-12,17-22H2,1-2H3. The minimum atomic E-state index is 1.01. The lowest BCUT2D eigenvalue weighted by Gasteiger charge is -2.36. The molecule has 4 heteroatoms. The van der Waals surface area contributed by atoms with Crippen LogP contribution in [0.2, 0.25) is 0 Å². The monoisotopic (exact) mass is 430 g/mol. The molecule has 0 saturated carbocycles. The lowest BCUT2D eigenvalue weighted by molar-refractivity contribution is 0.253. The van der Waals surface area contributed by atoms with Crippen molar-refractivity contribution in [2.75, 3.05) is 37.6 Å². The van der Waals surface area contributed by atoms with Gasteiger partial charge in [-0.15, -0.1) is 0 Å². The Morgan fingerprint density at radius 2 is 1.56 bits per heavy atom. The van der Waals surface area contributed by atoms with Crippen molar-refractivity contribution in [3.63, 3.8) is 0 Å². The molecule has 170 valence electrons. The number of aromatic nitrogens is 2. The molecule has 0 unspecified atom stereocenters. The molecule has 3 aromatic rings. The highest BCUT2D eigenvalue weighted by molar-refractivity contribution is 5.51. The summed E-state index contributed by atoms with van der Waals surface area (Å²) in [6, 6.07) is 19.8. The number of nitrogens with zero attached hydrogens (tertiary/aromatic N) is 4. The van der Waals surface area contributed by atoms with Crippen LogP contribution in [0.4, 0.5) is 5.69 Å². The quantitative estimate of drug-likeness (QED) is 0.409. The Balaban J connectivity index is 1.14. The van der Waals surface area contributed by atoms with Gasteiger partial charge in [0.15, 0.2) is 0 Å². The Bertz CT molecular complexity index is 955. The predicted octanol–water partition coefficient (Wildman–Crippen LogP) is 5.28. The van der Waals surface area contributed by atoms with E-state index in [-0.39, 0.29) is 0 Å². The van der Waals surface area contributed by atoms with Gasteiger partial charge in [0.2, 0.25) is 0 Å². The van der Waals surface area contributed by atoms with Crippen molar-refractivity contribution in [1.82, 2.24) is 14.7 Å². The zero-order chi connectivity index (χ0) is 22.2. The smallest absolute Gasteiger partial charge is 0.0492 e. The van der Waals surface area contributed by atoms with Crippen molar-refractivity contribution < 1.29 is 0 Å². The minimum absolute atomic E-state index is 1.01. The molecule has 0 aliphatic carbocycles. The van der Waals surface area contributed by atoms with Gasteiger partial charge in [0.25, 0.3) is 0 Å². The molecule has 1 saturated heterocycles. The summed E-state index contributed by atoms with van der Waals surface area (Å²) in [5, 5.41) is 4.57. The second-order valence-electron chi connectivity index (χ2n) is 9.19. The molecule has 4 nitrogen and oxygen atoms in total. The van der Waals surface area contributed by atoms with Gasteiger partial charge in [0.05, 0.1) is 0 Å². The Morgan fingerprint density at radius 1 is 0.750 bits per heavy atom. The van der Waals surface area contributed by atoms with E-state index in [9.17, 15) is 0 Å². The molecule has 1 aromatic heterocycles. The SMILES string of the molecule is Cc1ccc(N2CCN(CCCCc3ccnn3CCCc3ccccc3)CC2)cc1C. The fourth-order valence-electron chi connectivity index (χ4n) is 4.64. The first kappa shape index (κ1) is 22.6. The van der Waals surface area contributed by atoms with Gasteiger partial charge >= 0.3 is 0 Å². The van der Waals surface area contributed by atoms with Gasteiger partial charge in [-0.1, -0.05) is 36.4 Å². The summed E-state index contributed by atoms with van der Waals surface area (Å²) < 4.78 is 2.21. The van der Waals surface area contributed by atoms with Crippen LogP contribution >= 0.6 is 0 Å². The topological polar surface area (TPSA) is 24.3 Å². The maximum atomic E-state index is 4.57. The van der Waals surface area contributed by atoms with Gasteiger partial charge in [-0.2, -0.15) is 5.10 Å². The summed E-state index contributed by atoms with van der Waals surface area (Å²) in [4.78, 5) is 5.17. The third-order valence-electron chi connectivity index (χ3n) is 6.87. The number of unbranched alkanes of at least 4 members (excludes halogenated alkanes) is 1. The van der Waals surface area contributed by atoms with E-state index in [0.29, 0.717) is 0 Å². The fraction of sp³-hybridized carbons (Fsp3) is 0.464. The highest BCUT2D eigenvalue weighted by Crippen LogP contribution is 2.20. The number of hydrogen-bond acceptors (Lipinski definition) is 3. The van der Waals surface area contributed by atoms with E-state index in [0.717, 1.165) is 38.9 Å². The summed E-state index contributed by atoms with van der Waals surface area (Å²) in [6.07, 6.45) is 7.86. The molecule has 4 rings (SSSR count). The summed E-state index contributed by atoms with van der Waals surface area (Å²) in [5.74, 6) is 0. The molecule has 1 fully saturated rings. The first-order chi connectivity index (χ1) is 15.7. The zero-order valence-electron chi connectivity index (χ0n) is 19.8. The zero-order valence-corrected chi connectivity index (χ0v) is 19.8. The van der Waals surface area contributed by atoms with Crippen molar-refractivity contribution in [1.29, 1.82) is 0 Å². The molecular weight excluding hydrogens is 392 g/mol. The third kappa shape index (κ3) is 6.23. The summed E-state index contributed by atoms with van der Waals surface area (Å²) >= 11 is 0. The highest BCUT2D eigenvalue weighted by atomic mass is 15.3. The number of aryl methyl sites for hydroxylation is 5. The normalized spacial score (nSPS) is 14.8. The van der Waals surface area contributed by atoms with Crippen LogP contribution < -0.4 is 4.90 Å². The van der Waals surface area contributed by atoms with Crippen molar-refractivity contribution >= 4 is 5.69 Å². The van der Waals surface area contributed by atoms with Gasteiger partial charge in [-0.05, 0) is 87.4 Å². The first-order valence-electron chi connectivity index (χ1n) is 12.3. The third-order valence-corrected chi connectivity index (χ3v) is 6.87. The molecular formula is C28H38N4. The van der Waals surface area contributed by atoms with E-state index >= 15 is 0 Å². The second-order valence-corrected chi connectivity index (χ2v) is 9.19. The first-order valence-corrected chi connectivity index (χ1v) is 12.3. The van der Waals surface area contributed by atoms with Crippen LogP contribution in [0.3, 0.4) is 0 Å². The summed E-state index contributed by atoms with van der Waals surface area (Å²) in [5.41, 5.74) is 6.96. The molecule has 1 aliphatic rings. The lowest BCUT2D eigenvalue weighted by Crippen LogP contribution is -2.46. The van der Waals surface area contributed by atoms with E-state index in [1.54, 1.807) is 0 Å². The average Bonchev–Trinajstić information content (AvgIpc) is 3.27. The maximum absolute atomic E-state index is 4.57. The number of benzene rings is 2. The molecule has 0 atom stereocenters. The Labute approximate surface area is 193 Å². The molecule has 2 aromatic carbocycles. The number of anilines is 1. The van der Waals surface area contributed by atoms with Crippen LogP contribution in [0.5, 0.6) is 0 Å². The molecule has 0 radical (unpaired) electrons. The lowest BCUT2D eigenvalue weighted by atomic mass is 10.1. The van der Waals surface area contributed by atoms with Crippen molar-refractivity contribution in [3.8, 4) is 0 Å². The van der Waals surface area contributed by atoms with Gasteiger partial charge < -0.3 is 4.90 Å². The van der Waals surface area contributed by atoms with Gasteiger partial charge in [0.1, 0.15) is 0 Å². The van der Waals surface area contributed by atoms with E-state index in [1.165, 1.54) is 60.5 Å². The largest absolute Gasteiger partial charge is 0.369 e. The fourth-order valence-corrected chi connectivity index (χ4v) is 4.64. The highest BCUT2D eigenvalue weighted by Gasteiger charge is 2.17. The van der Waals surface area contributed by atoms with E-state index in [1.807, 2.05) is 6.20 Å². The van der Waals surface area contributed by atoms with Gasteiger partial charge in [-0.25, -0.2) is 0 Å². The number of rotatable bonds is 10. The van der Waals surface area contributed by atoms with Crippen LogP contribution in [-0.2, 0) is 19.4 Å². The Hall–Kier alpha value is -2.59. The molecule has 2 heterocycles. The average molecular weight is 431 g/mol. The Morgan fingerprint density at radius 3 is 2.34 bits per heavy atom. The number of hydrogen-bond donors (Lipinski definition) is 0. The minimum Gasteiger partial charge on any atom is -0.369 e. The second kappa shape index (κ2) is 11.3. The van der Waals surface area contributed by atoms with Crippen LogP contribution in [0.25, 0.3) is 0 Å². The van der Waals surface area contributed by atoms with Gasteiger partial charge in [0, 0.05) is 50.3 Å². The van der Waals surface area contributed by atoms with Gasteiger partial charge in [-0.3, -0.25) is 9.58 Å². The summed E-state index contributed by atoms with van der Waals surface area (Å²) in [6.45, 7) is 11.2. The predicted molar refractivity (Wildman–Crippen MR) is 134 cm³/mol. The van der Waals surface area contributed by atoms with Crippen LogP contribution in [0, 0.1) is 13.8 Å². The molecule has 1 aliphatic heterocycles. The van der Waals surface area contributed by atoms with Crippen LogP contribution in [0.15, 0.2) is 60.8 Å². The van der Waals surface area contributed by atoms with E-state index < -0.39 is 0 Å². The van der Waals surface area contributed by atoms with Crippen LogP contribution in [0.1, 0.15) is 41.6 Å². The van der Waals surface area contributed by atoms with E-state index in [4.69, 9.17) is 0 Å². The van der Waals surface area contributed by atoms with Crippen molar-refractivity contribution in [2.45, 2.75) is 52.5 Å². The molecule has 32 heavy (non-hydrogen) atoms. The molecule has 0 spiro atoms. The van der Waals surface area contributed by atoms with Crippen molar-refractivity contribution in [2.24, 2.45) is 0 Å². The van der Waals surface area contributed by atoms with E-state index in [2.05, 4.69) is 88.0 Å². The Kier molecular flexibility index (Phi) is 8.00. The molecule has 0 N–H and O–H groups in total. The molecule has 0 amide bonds. The number of piperazine rings is 1. The van der Waals surface area contributed by atoms with Crippen LogP contribution in [-0.4, -0.2) is 47.4 Å².